The van der Waals surface area contributed by atoms with Crippen LogP contribution in [0.2, 0.25) is 0 Å². The normalized spacial score (nSPS) is 11.0. The number of rotatable bonds is 6. The summed E-state index contributed by atoms with van der Waals surface area (Å²) in [4.78, 5) is 16.4. The molecule has 134 valence electrons. The topological polar surface area (TPSA) is 62.1 Å². The average Bonchev–Trinajstić information content (AvgIpc) is 3.09. The molecule has 26 heavy (non-hydrogen) atoms. The van der Waals surface area contributed by atoms with Crippen LogP contribution in [0.1, 0.15) is 16.8 Å². The summed E-state index contributed by atoms with van der Waals surface area (Å²) in [6.45, 7) is 2.11. The Balaban J connectivity index is 1.63. The number of aromatic nitrogens is 2. The van der Waals surface area contributed by atoms with Gasteiger partial charge in [-0.15, -0.1) is 0 Å². The van der Waals surface area contributed by atoms with Crippen LogP contribution in [0.3, 0.4) is 0 Å². The minimum atomic E-state index is -0.437. The molecule has 0 aliphatic rings. The molecule has 6 nitrogen and oxygen atoms in total. The minimum absolute atomic E-state index is 0.121. The van der Waals surface area contributed by atoms with E-state index in [1.807, 2.05) is 41.9 Å². The predicted molar refractivity (Wildman–Crippen MR) is 98.3 cm³/mol. The molecule has 1 aromatic carbocycles. The van der Waals surface area contributed by atoms with Gasteiger partial charge in [-0.05, 0) is 42.3 Å². The Bertz CT molecular complexity index is 960. The van der Waals surface area contributed by atoms with E-state index < -0.39 is 5.97 Å². The summed E-state index contributed by atoms with van der Waals surface area (Å²) < 4.78 is 17.6. The molecule has 0 saturated heterocycles. The third-order valence-corrected chi connectivity index (χ3v) is 3.91. The number of benzene rings is 1. The monoisotopic (exact) mass is 352 g/mol. The van der Waals surface area contributed by atoms with E-state index in [0.29, 0.717) is 17.2 Å². The number of carbonyl (C=O) groups excluding carboxylic acids is 1. The Hall–Kier alpha value is -3.28. The van der Waals surface area contributed by atoms with Crippen molar-refractivity contribution >= 4 is 17.7 Å². The molecule has 0 saturated carbocycles. The number of fused-ring (bicyclic) bond motifs is 1. The second kappa shape index (κ2) is 7.74. The van der Waals surface area contributed by atoms with Crippen molar-refractivity contribution in [2.24, 2.45) is 0 Å². The standard InChI is InChI=1S/C20H20N2O4/c1-14-5-4-10-22-12-16(21-20(14)22)13-26-19(23)9-7-15-6-8-17(24-2)18(11-15)25-3/h4-12H,13H2,1-3H3/b9-7+. The lowest BCUT2D eigenvalue weighted by Gasteiger charge is -2.07. The summed E-state index contributed by atoms with van der Waals surface area (Å²) in [5, 5.41) is 0. The molecule has 0 bridgehead atoms. The van der Waals surface area contributed by atoms with E-state index in [-0.39, 0.29) is 6.61 Å². The van der Waals surface area contributed by atoms with Gasteiger partial charge >= 0.3 is 5.97 Å². The van der Waals surface area contributed by atoms with Gasteiger partial charge in [-0.1, -0.05) is 12.1 Å². The number of nitrogens with zero attached hydrogens (tertiary/aromatic N) is 2. The molecule has 0 aliphatic heterocycles. The summed E-state index contributed by atoms with van der Waals surface area (Å²) in [6.07, 6.45) is 6.81. The lowest BCUT2D eigenvalue weighted by Crippen LogP contribution is -2.01. The van der Waals surface area contributed by atoms with Gasteiger partial charge in [-0.3, -0.25) is 0 Å². The summed E-state index contributed by atoms with van der Waals surface area (Å²) in [5.74, 6) is 0.797. The highest BCUT2D eigenvalue weighted by molar-refractivity contribution is 5.87. The van der Waals surface area contributed by atoms with Crippen molar-refractivity contribution in [3.8, 4) is 11.5 Å². The molecule has 6 heteroatoms. The molecular formula is C20H20N2O4. The van der Waals surface area contributed by atoms with Gasteiger partial charge in [-0.2, -0.15) is 0 Å². The maximum Gasteiger partial charge on any atom is 0.331 e. The third kappa shape index (κ3) is 3.85. The van der Waals surface area contributed by atoms with Gasteiger partial charge in [0.1, 0.15) is 12.3 Å². The molecule has 2 aromatic heterocycles. The van der Waals surface area contributed by atoms with Gasteiger partial charge in [0.2, 0.25) is 0 Å². The fraction of sp³-hybridized carbons (Fsp3) is 0.200. The van der Waals surface area contributed by atoms with Crippen LogP contribution in [0.25, 0.3) is 11.7 Å². The van der Waals surface area contributed by atoms with Crippen LogP contribution in [0.5, 0.6) is 11.5 Å². The summed E-state index contributed by atoms with van der Waals surface area (Å²) in [6, 6.07) is 9.34. The first-order valence-electron chi connectivity index (χ1n) is 8.11. The highest BCUT2D eigenvalue weighted by atomic mass is 16.5. The summed E-state index contributed by atoms with van der Waals surface area (Å²) in [5.41, 5.74) is 3.44. The Morgan fingerprint density at radius 3 is 2.73 bits per heavy atom. The highest BCUT2D eigenvalue weighted by Crippen LogP contribution is 2.27. The number of esters is 1. The van der Waals surface area contributed by atoms with E-state index >= 15 is 0 Å². The summed E-state index contributed by atoms with van der Waals surface area (Å²) in [7, 11) is 3.14. The molecule has 0 fully saturated rings. The molecular weight excluding hydrogens is 332 g/mol. The number of pyridine rings is 1. The van der Waals surface area contributed by atoms with Crippen molar-refractivity contribution in [3.05, 3.63) is 65.6 Å². The average molecular weight is 352 g/mol. The van der Waals surface area contributed by atoms with Crippen LogP contribution < -0.4 is 9.47 Å². The van der Waals surface area contributed by atoms with Crippen molar-refractivity contribution in [1.29, 1.82) is 0 Å². The first-order chi connectivity index (χ1) is 12.6. The van der Waals surface area contributed by atoms with Crippen LogP contribution in [-0.4, -0.2) is 29.6 Å². The molecule has 0 atom stereocenters. The van der Waals surface area contributed by atoms with Gasteiger partial charge in [0.25, 0.3) is 0 Å². The van der Waals surface area contributed by atoms with Crippen LogP contribution in [0.4, 0.5) is 0 Å². The molecule has 0 unspecified atom stereocenters. The second-order valence-electron chi connectivity index (χ2n) is 5.71. The number of hydrogen-bond acceptors (Lipinski definition) is 5. The summed E-state index contributed by atoms with van der Waals surface area (Å²) >= 11 is 0. The van der Waals surface area contributed by atoms with Gasteiger partial charge in [0, 0.05) is 18.5 Å². The van der Waals surface area contributed by atoms with Gasteiger partial charge in [0.15, 0.2) is 11.5 Å². The molecule has 0 amide bonds. The first-order valence-corrected chi connectivity index (χ1v) is 8.11. The van der Waals surface area contributed by atoms with Crippen LogP contribution in [-0.2, 0) is 16.1 Å². The molecule has 3 aromatic rings. The second-order valence-corrected chi connectivity index (χ2v) is 5.71. The van der Waals surface area contributed by atoms with E-state index in [4.69, 9.17) is 14.2 Å². The maximum atomic E-state index is 11.9. The van der Waals surface area contributed by atoms with E-state index in [9.17, 15) is 4.79 Å². The van der Waals surface area contributed by atoms with Crippen molar-refractivity contribution in [3.63, 3.8) is 0 Å². The number of aryl methyl sites for hydroxylation is 1. The smallest absolute Gasteiger partial charge is 0.331 e. The third-order valence-electron chi connectivity index (χ3n) is 3.91. The zero-order valence-corrected chi connectivity index (χ0v) is 14.9. The lowest BCUT2D eigenvalue weighted by atomic mass is 10.2. The maximum absolute atomic E-state index is 11.9. The largest absolute Gasteiger partial charge is 0.493 e. The highest BCUT2D eigenvalue weighted by Gasteiger charge is 2.06. The molecule has 0 spiro atoms. The van der Waals surface area contributed by atoms with Crippen molar-refractivity contribution < 1.29 is 19.0 Å². The predicted octanol–water partition coefficient (Wildman–Crippen LogP) is 3.42. The quantitative estimate of drug-likeness (QED) is 0.502. The van der Waals surface area contributed by atoms with Crippen LogP contribution in [0, 0.1) is 6.92 Å². The Morgan fingerprint density at radius 1 is 1.19 bits per heavy atom. The fourth-order valence-electron chi connectivity index (χ4n) is 2.59. The van der Waals surface area contributed by atoms with E-state index in [1.165, 1.54) is 6.08 Å². The molecule has 0 N–H and O–H groups in total. The van der Waals surface area contributed by atoms with Crippen molar-refractivity contribution in [2.75, 3.05) is 14.2 Å². The van der Waals surface area contributed by atoms with Gasteiger partial charge < -0.3 is 18.6 Å². The molecule has 0 radical (unpaired) electrons. The van der Waals surface area contributed by atoms with E-state index in [1.54, 1.807) is 32.4 Å². The zero-order chi connectivity index (χ0) is 18.5. The Kier molecular flexibility index (Phi) is 5.22. The Labute approximate surface area is 151 Å². The van der Waals surface area contributed by atoms with Crippen LogP contribution in [0.15, 0.2) is 48.8 Å². The minimum Gasteiger partial charge on any atom is -0.493 e. The SMILES string of the molecule is COc1ccc(/C=C/C(=O)OCc2cn3cccc(C)c3n2)cc1OC. The van der Waals surface area contributed by atoms with E-state index in [0.717, 1.165) is 16.8 Å². The van der Waals surface area contributed by atoms with Crippen LogP contribution >= 0.6 is 0 Å². The van der Waals surface area contributed by atoms with Gasteiger partial charge in [-0.25, -0.2) is 9.78 Å². The number of hydrogen-bond donors (Lipinski definition) is 0. The molecule has 0 aliphatic carbocycles. The Morgan fingerprint density at radius 2 is 2.00 bits per heavy atom. The molecule has 2 heterocycles. The number of carbonyl (C=O) groups is 1. The van der Waals surface area contributed by atoms with Crippen molar-refractivity contribution in [1.82, 2.24) is 9.38 Å². The number of methoxy groups -OCH3 is 2. The van der Waals surface area contributed by atoms with Gasteiger partial charge in [0.05, 0.1) is 19.9 Å². The fourth-order valence-corrected chi connectivity index (χ4v) is 2.59. The first kappa shape index (κ1) is 17.5. The number of ether oxygens (including phenoxy) is 3. The zero-order valence-electron chi connectivity index (χ0n) is 14.9. The van der Waals surface area contributed by atoms with E-state index in [2.05, 4.69) is 4.98 Å². The molecule has 3 rings (SSSR count). The van der Waals surface area contributed by atoms with Crippen molar-refractivity contribution in [2.45, 2.75) is 13.5 Å². The number of imidazole rings is 1. The lowest BCUT2D eigenvalue weighted by molar-refractivity contribution is -0.139.